The van der Waals surface area contributed by atoms with E-state index in [9.17, 15) is 13.6 Å². The van der Waals surface area contributed by atoms with Gasteiger partial charge in [-0.25, -0.2) is 4.98 Å². The first-order valence-corrected chi connectivity index (χ1v) is 8.62. The molecule has 1 N–H and O–H groups in total. The van der Waals surface area contributed by atoms with Gasteiger partial charge in [-0.3, -0.25) is 9.78 Å². The highest BCUT2D eigenvalue weighted by Gasteiger charge is 2.15. The number of carbonyl (C=O) groups excluding carboxylic acids is 1. The van der Waals surface area contributed by atoms with Gasteiger partial charge in [0.2, 0.25) is 0 Å². The molecule has 0 aliphatic carbocycles. The standard InChI is InChI=1S/C18H15F2N3O2S/c1-11(17-23-15(10-26-17)13-3-2-8-21-9-13)22-16(24)12-4-6-14(7-5-12)25-18(19)20/h2-11,18H,1H3,(H,22,24). The number of benzene rings is 1. The number of thiazole rings is 1. The Labute approximate surface area is 152 Å². The summed E-state index contributed by atoms with van der Waals surface area (Å²) < 4.78 is 28.6. The predicted molar refractivity (Wildman–Crippen MR) is 94.3 cm³/mol. The number of pyridine rings is 1. The molecule has 0 bridgehead atoms. The molecule has 0 saturated carbocycles. The maximum absolute atomic E-state index is 12.3. The summed E-state index contributed by atoms with van der Waals surface area (Å²) in [7, 11) is 0. The molecule has 2 heterocycles. The van der Waals surface area contributed by atoms with Gasteiger partial charge in [-0.2, -0.15) is 8.78 Å². The molecular formula is C18H15F2N3O2S. The minimum absolute atomic E-state index is 0.00522. The molecule has 0 spiro atoms. The van der Waals surface area contributed by atoms with Gasteiger partial charge in [0.15, 0.2) is 0 Å². The number of hydrogen-bond donors (Lipinski definition) is 1. The van der Waals surface area contributed by atoms with Gasteiger partial charge < -0.3 is 10.1 Å². The molecule has 1 aromatic carbocycles. The van der Waals surface area contributed by atoms with Crippen LogP contribution in [0.1, 0.15) is 28.3 Å². The topological polar surface area (TPSA) is 64.1 Å². The fraction of sp³-hybridized carbons (Fsp3) is 0.167. The van der Waals surface area contributed by atoms with Crippen LogP contribution in [0, 0.1) is 0 Å². The lowest BCUT2D eigenvalue weighted by molar-refractivity contribution is -0.0498. The number of alkyl halides is 2. The van der Waals surface area contributed by atoms with Gasteiger partial charge in [0.1, 0.15) is 10.8 Å². The Bertz CT molecular complexity index is 870. The van der Waals surface area contributed by atoms with Crippen molar-refractivity contribution in [2.45, 2.75) is 19.6 Å². The third-order valence-corrected chi connectivity index (χ3v) is 4.57. The summed E-state index contributed by atoms with van der Waals surface area (Å²) in [5.41, 5.74) is 2.05. The van der Waals surface area contributed by atoms with Gasteiger partial charge in [-0.1, -0.05) is 0 Å². The highest BCUT2D eigenvalue weighted by Crippen LogP contribution is 2.25. The Balaban J connectivity index is 1.65. The van der Waals surface area contributed by atoms with Gasteiger partial charge in [-0.15, -0.1) is 11.3 Å². The molecule has 0 saturated heterocycles. The number of hydrogen-bond acceptors (Lipinski definition) is 5. The maximum atomic E-state index is 12.3. The van der Waals surface area contributed by atoms with Crippen LogP contribution in [0.4, 0.5) is 8.78 Å². The molecule has 3 rings (SSSR count). The van der Waals surface area contributed by atoms with Gasteiger partial charge in [-0.05, 0) is 43.3 Å². The van der Waals surface area contributed by atoms with E-state index in [1.54, 1.807) is 12.4 Å². The van der Waals surface area contributed by atoms with E-state index in [0.717, 1.165) is 16.3 Å². The molecule has 2 aromatic heterocycles. The van der Waals surface area contributed by atoms with Crippen LogP contribution in [-0.4, -0.2) is 22.5 Å². The van der Waals surface area contributed by atoms with Crippen molar-refractivity contribution >= 4 is 17.2 Å². The molecule has 0 aliphatic rings. The molecule has 1 amide bonds. The predicted octanol–water partition coefficient (Wildman–Crippen LogP) is 4.30. The second-order valence-corrected chi connectivity index (χ2v) is 6.30. The van der Waals surface area contributed by atoms with Gasteiger partial charge >= 0.3 is 6.61 Å². The van der Waals surface area contributed by atoms with Crippen LogP contribution in [0.25, 0.3) is 11.3 Å². The molecule has 8 heteroatoms. The van der Waals surface area contributed by atoms with Crippen LogP contribution in [0.3, 0.4) is 0 Å². The quantitative estimate of drug-likeness (QED) is 0.698. The zero-order chi connectivity index (χ0) is 18.5. The van der Waals surface area contributed by atoms with Crippen LogP contribution in [0.15, 0.2) is 54.2 Å². The summed E-state index contributed by atoms with van der Waals surface area (Å²) >= 11 is 1.44. The first-order chi connectivity index (χ1) is 12.5. The molecule has 0 aliphatic heterocycles. The van der Waals surface area contributed by atoms with Gasteiger partial charge in [0.25, 0.3) is 5.91 Å². The van der Waals surface area contributed by atoms with Crippen molar-refractivity contribution in [1.29, 1.82) is 0 Å². The minimum atomic E-state index is -2.89. The monoisotopic (exact) mass is 375 g/mol. The van der Waals surface area contributed by atoms with E-state index in [-0.39, 0.29) is 17.7 Å². The van der Waals surface area contributed by atoms with Crippen LogP contribution in [0.5, 0.6) is 5.75 Å². The second-order valence-electron chi connectivity index (χ2n) is 5.41. The molecule has 26 heavy (non-hydrogen) atoms. The van der Waals surface area contributed by atoms with Crippen LogP contribution >= 0.6 is 11.3 Å². The Kier molecular flexibility index (Phi) is 5.52. The number of aromatic nitrogens is 2. The molecule has 0 fully saturated rings. The molecule has 1 atom stereocenters. The van der Waals surface area contributed by atoms with E-state index in [2.05, 4.69) is 20.0 Å². The SMILES string of the molecule is CC(NC(=O)c1ccc(OC(F)F)cc1)c1nc(-c2cccnc2)cs1. The Morgan fingerprint density at radius 3 is 2.65 bits per heavy atom. The van der Waals surface area contributed by atoms with E-state index in [4.69, 9.17) is 0 Å². The van der Waals surface area contributed by atoms with E-state index in [0.29, 0.717) is 5.56 Å². The highest BCUT2D eigenvalue weighted by molar-refractivity contribution is 7.10. The van der Waals surface area contributed by atoms with Crippen molar-refractivity contribution in [2.24, 2.45) is 0 Å². The fourth-order valence-corrected chi connectivity index (χ4v) is 3.10. The van der Waals surface area contributed by atoms with E-state index in [1.165, 1.54) is 35.6 Å². The zero-order valence-electron chi connectivity index (χ0n) is 13.7. The number of ether oxygens (including phenoxy) is 1. The zero-order valence-corrected chi connectivity index (χ0v) is 14.5. The fourth-order valence-electron chi connectivity index (χ4n) is 2.26. The maximum Gasteiger partial charge on any atom is 0.387 e. The molecule has 134 valence electrons. The van der Waals surface area contributed by atoms with E-state index < -0.39 is 6.61 Å². The summed E-state index contributed by atoms with van der Waals surface area (Å²) in [5, 5.41) is 5.51. The summed E-state index contributed by atoms with van der Waals surface area (Å²) in [5.74, 6) is -0.315. The average molecular weight is 375 g/mol. The Hall–Kier alpha value is -2.87. The number of amides is 1. The largest absolute Gasteiger partial charge is 0.435 e. The highest BCUT2D eigenvalue weighted by atomic mass is 32.1. The molecule has 1 unspecified atom stereocenters. The van der Waals surface area contributed by atoms with Gasteiger partial charge in [0.05, 0.1) is 11.7 Å². The lowest BCUT2D eigenvalue weighted by Crippen LogP contribution is -2.26. The smallest absolute Gasteiger partial charge is 0.387 e. The minimum Gasteiger partial charge on any atom is -0.435 e. The third kappa shape index (κ3) is 4.40. The number of halogens is 2. The Morgan fingerprint density at radius 1 is 1.23 bits per heavy atom. The second kappa shape index (κ2) is 8.01. The van der Waals surface area contributed by atoms with E-state index in [1.807, 2.05) is 24.4 Å². The summed E-state index contributed by atoms with van der Waals surface area (Å²) in [4.78, 5) is 20.9. The third-order valence-electron chi connectivity index (χ3n) is 3.54. The molecular weight excluding hydrogens is 360 g/mol. The average Bonchev–Trinajstić information content (AvgIpc) is 3.13. The lowest BCUT2D eigenvalue weighted by atomic mass is 10.2. The lowest BCUT2D eigenvalue weighted by Gasteiger charge is -2.12. The number of nitrogens with one attached hydrogen (secondary N) is 1. The van der Waals surface area contributed by atoms with Gasteiger partial charge in [0, 0.05) is 28.9 Å². The molecule has 5 nitrogen and oxygen atoms in total. The van der Waals surface area contributed by atoms with Crippen molar-refractivity contribution in [1.82, 2.24) is 15.3 Å². The summed E-state index contributed by atoms with van der Waals surface area (Å²) in [6, 6.07) is 8.98. The molecule has 0 radical (unpaired) electrons. The van der Waals surface area contributed by atoms with Crippen molar-refractivity contribution < 1.29 is 18.3 Å². The van der Waals surface area contributed by atoms with Crippen LogP contribution in [-0.2, 0) is 0 Å². The Morgan fingerprint density at radius 2 is 2.00 bits per heavy atom. The number of nitrogens with zero attached hydrogens (tertiary/aromatic N) is 2. The first-order valence-electron chi connectivity index (χ1n) is 7.74. The van der Waals surface area contributed by atoms with Crippen molar-refractivity contribution in [3.63, 3.8) is 0 Å². The summed E-state index contributed by atoms with van der Waals surface area (Å²) in [6.07, 6.45) is 3.42. The summed E-state index contributed by atoms with van der Waals surface area (Å²) in [6.45, 7) is -1.06. The van der Waals surface area contributed by atoms with Crippen molar-refractivity contribution in [2.75, 3.05) is 0 Å². The van der Waals surface area contributed by atoms with Crippen molar-refractivity contribution in [3.8, 4) is 17.0 Å². The van der Waals surface area contributed by atoms with E-state index >= 15 is 0 Å². The number of carbonyl (C=O) groups is 1. The normalized spacial score (nSPS) is 12.0. The van der Waals surface area contributed by atoms with Crippen molar-refractivity contribution in [3.05, 3.63) is 64.7 Å². The molecule has 3 aromatic rings. The first kappa shape index (κ1) is 17.9. The van der Waals surface area contributed by atoms with Crippen LogP contribution in [0.2, 0.25) is 0 Å². The van der Waals surface area contributed by atoms with Crippen LogP contribution < -0.4 is 10.1 Å². The number of rotatable bonds is 6.